The number of nitrogens with one attached hydrogen (secondary N) is 2. The Hall–Kier alpha value is -4.04. The molecule has 3 aromatic rings. The fourth-order valence-corrected chi connectivity index (χ4v) is 5.66. The summed E-state index contributed by atoms with van der Waals surface area (Å²) in [6.45, 7) is 0. The van der Waals surface area contributed by atoms with Crippen LogP contribution in [0.3, 0.4) is 0 Å². The van der Waals surface area contributed by atoms with Crippen molar-refractivity contribution >= 4 is 29.1 Å². The second-order valence-electron chi connectivity index (χ2n) is 8.92. The number of carbonyl (C=O) groups excluding carboxylic acids is 3. The molecule has 6 rings (SSSR count). The third-order valence-electron chi connectivity index (χ3n) is 7.10. The maximum Gasteiger partial charge on any atom is 0.250 e. The number of hydrogen-bond acceptors (Lipinski definition) is 5. The molecule has 2 fully saturated rings. The molecule has 0 unspecified atom stereocenters. The molecular weight excluding hydrogens is 437 g/mol. The molecule has 4 atom stereocenters. The zero-order valence-corrected chi connectivity index (χ0v) is 17.9. The molecule has 170 valence electrons. The maximum atomic E-state index is 13.8. The third kappa shape index (κ3) is 2.75. The number of anilines is 2. The van der Waals surface area contributed by atoms with E-state index in [2.05, 4.69) is 10.6 Å². The van der Waals surface area contributed by atoms with E-state index >= 15 is 0 Å². The molecule has 3 heterocycles. The van der Waals surface area contributed by atoms with Gasteiger partial charge in [-0.2, -0.15) is 0 Å². The molecule has 7 nitrogen and oxygen atoms in total. The number of benzene rings is 3. The van der Waals surface area contributed by atoms with Gasteiger partial charge in [0.15, 0.2) is 0 Å². The van der Waals surface area contributed by atoms with E-state index in [4.69, 9.17) is 0 Å². The summed E-state index contributed by atoms with van der Waals surface area (Å²) in [7, 11) is 0. The van der Waals surface area contributed by atoms with E-state index in [9.17, 15) is 23.9 Å². The molecule has 0 radical (unpaired) electrons. The van der Waals surface area contributed by atoms with Crippen LogP contribution in [0, 0.1) is 17.7 Å². The monoisotopic (exact) mass is 457 g/mol. The van der Waals surface area contributed by atoms with Crippen molar-refractivity contribution in [1.82, 2.24) is 5.32 Å². The van der Waals surface area contributed by atoms with Crippen molar-refractivity contribution in [2.45, 2.75) is 18.0 Å². The number of rotatable bonds is 3. The number of amides is 3. The Balaban J connectivity index is 1.48. The van der Waals surface area contributed by atoms with Crippen molar-refractivity contribution in [2.24, 2.45) is 11.8 Å². The van der Waals surface area contributed by atoms with Gasteiger partial charge in [0, 0.05) is 17.3 Å². The van der Waals surface area contributed by atoms with Crippen molar-refractivity contribution in [1.29, 1.82) is 0 Å². The van der Waals surface area contributed by atoms with E-state index in [0.717, 1.165) is 10.5 Å². The predicted octanol–water partition coefficient (Wildman–Crippen LogP) is 2.70. The number of phenolic OH excluding ortho intramolecular Hbond substituents is 1. The number of hydrogen-bond donors (Lipinski definition) is 3. The summed E-state index contributed by atoms with van der Waals surface area (Å²) in [5.74, 6) is -3.41. The smallest absolute Gasteiger partial charge is 0.250 e. The largest absolute Gasteiger partial charge is 0.508 e. The molecule has 0 saturated carbocycles. The van der Waals surface area contributed by atoms with E-state index in [-0.39, 0.29) is 17.3 Å². The molecule has 8 heteroatoms. The van der Waals surface area contributed by atoms with Crippen LogP contribution in [0.4, 0.5) is 15.8 Å². The van der Waals surface area contributed by atoms with Crippen molar-refractivity contribution in [3.05, 3.63) is 89.7 Å². The van der Waals surface area contributed by atoms with Gasteiger partial charge in [-0.1, -0.05) is 30.3 Å². The van der Waals surface area contributed by atoms with Crippen LogP contribution >= 0.6 is 0 Å². The Morgan fingerprint density at radius 2 is 1.62 bits per heavy atom. The van der Waals surface area contributed by atoms with Crippen molar-refractivity contribution < 1.29 is 23.9 Å². The Morgan fingerprint density at radius 1 is 0.912 bits per heavy atom. The Labute approximate surface area is 194 Å². The lowest BCUT2D eigenvalue weighted by Gasteiger charge is -2.29. The highest BCUT2D eigenvalue weighted by Gasteiger charge is 2.70. The highest BCUT2D eigenvalue weighted by atomic mass is 19.1. The SMILES string of the molecule is O=C1[C@@H]2[C@H](Cc3ccc(O)cc3)N[C@@]3(C(=O)Nc4ccccc43)[C@@H]2C(=O)N1c1ccc(F)cc1. The molecular formula is C26H20FN3O4. The van der Waals surface area contributed by atoms with Gasteiger partial charge >= 0.3 is 0 Å². The van der Waals surface area contributed by atoms with Crippen LogP contribution in [0.25, 0.3) is 0 Å². The summed E-state index contributed by atoms with van der Waals surface area (Å²) >= 11 is 0. The summed E-state index contributed by atoms with van der Waals surface area (Å²) < 4.78 is 13.5. The number of phenols is 1. The van der Waals surface area contributed by atoms with E-state index in [1.165, 1.54) is 24.3 Å². The normalized spacial score (nSPS) is 27.3. The molecule has 0 aromatic heterocycles. The van der Waals surface area contributed by atoms with Crippen LogP contribution in [0.2, 0.25) is 0 Å². The Kier molecular flexibility index (Phi) is 4.37. The van der Waals surface area contributed by atoms with Crippen molar-refractivity contribution in [3.8, 4) is 5.75 Å². The molecule has 1 spiro atoms. The first-order valence-electron chi connectivity index (χ1n) is 11.0. The second kappa shape index (κ2) is 7.23. The molecule has 3 aliphatic heterocycles. The lowest BCUT2D eigenvalue weighted by Crippen LogP contribution is -2.53. The quantitative estimate of drug-likeness (QED) is 0.526. The number of fused-ring (bicyclic) bond motifs is 4. The van der Waals surface area contributed by atoms with E-state index in [0.29, 0.717) is 17.7 Å². The molecule has 3 N–H and O–H groups in total. The number of para-hydroxylation sites is 1. The third-order valence-corrected chi connectivity index (χ3v) is 7.10. The summed E-state index contributed by atoms with van der Waals surface area (Å²) in [6.07, 6.45) is 0.370. The highest BCUT2D eigenvalue weighted by molar-refractivity contribution is 6.25. The summed E-state index contributed by atoms with van der Waals surface area (Å²) in [5.41, 5.74) is 0.953. The van der Waals surface area contributed by atoms with Crippen LogP contribution < -0.4 is 15.5 Å². The van der Waals surface area contributed by atoms with E-state index in [1.807, 2.05) is 0 Å². The molecule has 3 aromatic carbocycles. The summed E-state index contributed by atoms with van der Waals surface area (Å²) in [6, 6.07) is 18.4. The zero-order valence-electron chi connectivity index (χ0n) is 17.9. The lowest BCUT2D eigenvalue weighted by atomic mass is 9.76. The van der Waals surface area contributed by atoms with Crippen molar-refractivity contribution in [2.75, 3.05) is 10.2 Å². The lowest BCUT2D eigenvalue weighted by molar-refractivity contribution is -0.130. The highest BCUT2D eigenvalue weighted by Crippen LogP contribution is 2.53. The number of aromatic hydroxyl groups is 1. The summed E-state index contributed by atoms with van der Waals surface area (Å²) in [4.78, 5) is 42.0. The first kappa shape index (κ1) is 20.6. The molecule has 0 aliphatic carbocycles. The number of nitrogens with zero attached hydrogens (tertiary/aromatic N) is 1. The first-order valence-corrected chi connectivity index (χ1v) is 11.0. The zero-order chi connectivity index (χ0) is 23.6. The van der Waals surface area contributed by atoms with Gasteiger partial charge in [-0.05, 0) is 54.4 Å². The van der Waals surface area contributed by atoms with Gasteiger partial charge in [0.2, 0.25) is 17.7 Å². The molecule has 3 aliphatic rings. The van der Waals surface area contributed by atoms with Crippen molar-refractivity contribution in [3.63, 3.8) is 0 Å². The van der Waals surface area contributed by atoms with Crippen LogP contribution in [0.15, 0.2) is 72.8 Å². The minimum atomic E-state index is -1.40. The van der Waals surface area contributed by atoms with E-state index < -0.39 is 41.0 Å². The van der Waals surface area contributed by atoms with Crippen LogP contribution in [-0.4, -0.2) is 28.9 Å². The molecule has 2 saturated heterocycles. The topological polar surface area (TPSA) is 98.7 Å². The number of halogens is 1. The molecule has 3 amide bonds. The minimum Gasteiger partial charge on any atom is -0.508 e. The van der Waals surface area contributed by atoms with Gasteiger partial charge in [-0.3, -0.25) is 19.7 Å². The Morgan fingerprint density at radius 3 is 2.35 bits per heavy atom. The average Bonchev–Trinajstić information content (AvgIpc) is 3.41. The number of imide groups is 1. The van der Waals surface area contributed by atoms with Crippen LogP contribution in [0.1, 0.15) is 11.1 Å². The molecule has 0 bridgehead atoms. The van der Waals surface area contributed by atoms with Gasteiger partial charge in [0.05, 0.1) is 17.5 Å². The van der Waals surface area contributed by atoms with E-state index in [1.54, 1.807) is 48.5 Å². The van der Waals surface area contributed by atoms with Gasteiger partial charge in [-0.25, -0.2) is 9.29 Å². The number of carbonyl (C=O) groups is 3. The van der Waals surface area contributed by atoms with Gasteiger partial charge in [0.25, 0.3) is 0 Å². The Bertz CT molecular complexity index is 1340. The van der Waals surface area contributed by atoms with Gasteiger partial charge in [-0.15, -0.1) is 0 Å². The van der Waals surface area contributed by atoms with Gasteiger partial charge < -0.3 is 10.4 Å². The first-order chi connectivity index (χ1) is 16.4. The fourth-order valence-electron chi connectivity index (χ4n) is 5.66. The summed E-state index contributed by atoms with van der Waals surface area (Å²) in [5, 5.41) is 15.9. The maximum absolute atomic E-state index is 13.8. The average molecular weight is 457 g/mol. The van der Waals surface area contributed by atoms with Gasteiger partial charge in [0.1, 0.15) is 17.1 Å². The minimum absolute atomic E-state index is 0.121. The van der Waals surface area contributed by atoms with Crippen LogP contribution in [-0.2, 0) is 26.3 Å². The molecule has 34 heavy (non-hydrogen) atoms. The predicted molar refractivity (Wildman–Crippen MR) is 121 cm³/mol. The second-order valence-corrected chi connectivity index (χ2v) is 8.92. The van der Waals surface area contributed by atoms with Crippen LogP contribution in [0.5, 0.6) is 5.75 Å². The fraction of sp³-hybridized carbons (Fsp3) is 0.192. The standard InChI is InChI=1S/C26H20FN3O4/c27-15-7-9-16(10-8-15)30-23(32)21-20(13-14-5-11-17(31)12-6-14)29-26(22(21)24(30)33)18-3-1-2-4-19(18)28-25(26)34/h1-12,20-22,29,31H,13H2,(H,28,34)/t20-,21+,22-,26+/m0/s1.